The van der Waals surface area contributed by atoms with Crippen LogP contribution in [-0.2, 0) is 27.8 Å². The number of ketones is 1. The first-order valence-electron chi connectivity index (χ1n) is 10.4. The molecule has 0 N–H and O–H groups in total. The molecule has 0 atom stereocenters. The van der Waals surface area contributed by atoms with E-state index in [4.69, 9.17) is 9.47 Å². The van der Waals surface area contributed by atoms with Gasteiger partial charge in [0.25, 0.3) is 10.0 Å². The number of hydrogen-bond donors (Lipinski definition) is 0. The van der Waals surface area contributed by atoms with E-state index in [2.05, 4.69) is 0 Å². The minimum atomic E-state index is -3.83. The van der Waals surface area contributed by atoms with E-state index in [1.807, 2.05) is 12.1 Å². The molecule has 1 aliphatic heterocycles. The number of carbonyl (C=O) groups excluding carboxylic acids is 2. The molecule has 0 amide bonds. The molecule has 33 heavy (non-hydrogen) atoms. The molecule has 3 aromatic carbocycles. The molecule has 0 bridgehead atoms. The summed E-state index contributed by atoms with van der Waals surface area (Å²) >= 11 is 0. The van der Waals surface area contributed by atoms with E-state index in [-0.39, 0.29) is 22.8 Å². The average Bonchev–Trinajstić information content (AvgIpc) is 3.27. The highest BCUT2D eigenvalue weighted by Gasteiger charge is 2.31. The number of esters is 1. The topological polar surface area (TPSA) is 90.0 Å². The second kappa shape index (κ2) is 9.07. The Labute approximate surface area is 192 Å². The van der Waals surface area contributed by atoms with Crippen LogP contribution in [0.4, 0.5) is 5.69 Å². The number of Topliss-reactive ketones (excluding diaryl/α,β-unsaturated/α-hetero) is 1. The van der Waals surface area contributed by atoms with Crippen LogP contribution in [0.3, 0.4) is 0 Å². The zero-order valence-electron chi connectivity index (χ0n) is 18.3. The lowest BCUT2D eigenvalue weighted by molar-refractivity contribution is 0.0470. The van der Waals surface area contributed by atoms with Gasteiger partial charge >= 0.3 is 5.97 Å². The van der Waals surface area contributed by atoms with Crippen molar-refractivity contribution in [3.63, 3.8) is 0 Å². The van der Waals surface area contributed by atoms with Crippen molar-refractivity contribution in [2.75, 3.05) is 18.0 Å². The summed E-state index contributed by atoms with van der Waals surface area (Å²) in [6, 6.07) is 18.1. The van der Waals surface area contributed by atoms with Gasteiger partial charge < -0.3 is 9.47 Å². The Kier molecular flexibility index (Phi) is 6.20. The fraction of sp³-hybridized carbons (Fsp3) is 0.200. The SMILES string of the molecule is COc1ccc(C(C)=O)cc1COC(=O)c1cccc(S(=O)(=O)N2CCc3ccccc32)c1. The van der Waals surface area contributed by atoms with Crippen LogP contribution in [0.2, 0.25) is 0 Å². The Bertz CT molecular complexity index is 1330. The van der Waals surface area contributed by atoms with Crippen LogP contribution in [0.25, 0.3) is 0 Å². The molecule has 1 aliphatic rings. The van der Waals surface area contributed by atoms with E-state index >= 15 is 0 Å². The lowest BCUT2D eigenvalue weighted by Gasteiger charge is -2.20. The zero-order chi connectivity index (χ0) is 23.6. The standard InChI is InChI=1S/C25H23NO6S/c1-17(27)19-10-11-24(31-2)21(14-19)16-32-25(28)20-7-5-8-22(15-20)33(29,30)26-13-12-18-6-3-4-9-23(18)26/h3-11,14-15H,12-13,16H2,1-2H3. The molecule has 0 spiro atoms. The second-order valence-corrected chi connectivity index (χ2v) is 9.50. The van der Waals surface area contributed by atoms with Crippen LogP contribution >= 0.6 is 0 Å². The number of anilines is 1. The van der Waals surface area contributed by atoms with Gasteiger partial charge in [-0.3, -0.25) is 9.10 Å². The summed E-state index contributed by atoms with van der Waals surface area (Å²) in [6.07, 6.45) is 0.637. The van der Waals surface area contributed by atoms with Gasteiger partial charge in [0.15, 0.2) is 5.78 Å². The summed E-state index contributed by atoms with van der Waals surface area (Å²) in [5.74, 6) is -0.312. The summed E-state index contributed by atoms with van der Waals surface area (Å²) in [4.78, 5) is 24.4. The van der Waals surface area contributed by atoms with E-state index in [1.54, 1.807) is 30.3 Å². The molecule has 0 unspecified atom stereocenters. The minimum Gasteiger partial charge on any atom is -0.496 e. The summed E-state index contributed by atoms with van der Waals surface area (Å²) in [7, 11) is -2.35. The van der Waals surface area contributed by atoms with Gasteiger partial charge in [-0.15, -0.1) is 0 Å². The van der Waals surface area contributed by atoms with Gasteiger partial charge in [-0.05, 0) is 61.4 Å². The number of para-hydroxylation sites is 1. The van der Waals surface area contributed by atoms with E-state index < -0.39 is 16.0 Å². The molecule has 0 aromatic heterocycles. The minimum absolute atomic E-state index is 0.0183. The fourth-order valence-electron chi connectivity index (χ4n) is 3.81. The summed E-state index contributed by atoms with van der Waals surface area (Å²) < 4.78 is 38.6. The third kappa shape index (κ3) is 4.47. The first kappa shape index (κ1) is 22.5. The van der Waals surface area contributed by atoms with Crippen LogP contribution in [0, 0.1) is 0 Å². The Balaban J connectivity index is 1.55. The quantitative estimate of drug-likeness (QED) is 0.387. The van der Waals surface area contributed by atoms with Gasteiger partial charge in [0.2, 0.25) is 0 Å². The van der Waals surface area contributed by atoms with Crippen LogP contribution in [0.15, 0.2) is 71.6 Å². The highest BCUT2D eigenvalue weighted by Crippen LogP contribution is 2.33. The van der Waals surface area contributed by atoms with Crippen molar-refractivity contribution in [2.24, 2.45) is 0 Å². The fourth-order valence-corrected chi connectivity index (χ4v) is 5.36. The Morgan fingerprint density at radius 1 is 0.970 bits per heavy atom. The van der Waals surface area contributed by atoms with Gasteiger partial charge in [0.05, 0.1) is 23.3 Å². The number of fused-ring (bicyclic) bond motifs is 1. The lowest BCUT2D eigenvalue weighted by Crippen LogP contribution is -2.29. The van der Waals surface area contributed by atoms with Crippen molar-refractivity contribution in [2.45, 2.75) is 24.8 Å². The van der Waals surface area contributed by atoms with Gasteiger partial charge in [-0.1, -0.05) is 24.3 Å². The molecule has 7 nitrogen and oxygen atoms in total. The van der Waals surface area contributed by atoms with Gasteiger partial charge in [0, 0.05) is 17.7 Å². The van der Waals surface area contributed by atoms with E-state index in [0.29, 0.717) is 35.5 Å². The van der Waals surface area contributed by atoms with Crippen molar-refractivity contribution in [1.82, 2.24) is 0 Å². The third-order valence-electron chi connectivity index (χ3n) is 5.55. The average molecular weight is 466 g/mol. The number of carbonyl (C=O) groups is 2. The van der Waals surface area contributed by atoms with Crippen LogP contribution in [0.1, 0.15) is 38.8 Å². The van der Waals surface area contributed by atoms with E-state index in [1.165, 1.54) is 42.6 Å². The van der Waals surface area contributed by atoms with Crippen molar-refractivity contribution in [3.05, 3.63) is 89.0 Å². The number of sulfonamides is 1. The smallest absolute Gasteiger partial charge is 0.338 e. The third-order valence-corrected chi connectivity index (χ3v) is 7.36. The molecule has 0 saturated carbocycles. The van der Waals surface area contributed by atoms with Gasteiger partial charge in [-0.2, -0.15) is 0 Å². The predicted molar refractivity (Wildman–Crippen MR) is 123 cm³/mol. The number of methoxy groups -OCH3 is 1. The van der Waals surface area contributed by atoms with Crippen molar-refractivity contribution >= 4 is 27.5 Å². The molecule has 0 saturated heterocycles. The number of benzene rings is 3. The molecular weight excluding hydrogens is 442 g/mol. The first-order valence-corrected chi connectivity index (χ1v) is 11.8. The molecule has 0 fully saturated rings. The molecule has 4 rings (SSSR count). The second-order valence-electron chi connectivity index (χ2n) is 7.64. The highest BCUT2D eigenvalue weighted by molar-refractivity contribution is 7.92. The van der Waals surface area contributed by atoms with Crippen LogP contribution in [-0.4, -0.2) is 33.8 Å². The van der Waals surface area contributed by atoms with E-state index in [0.717, 1.165) is 5.56 Å². The number of ether oxygens (including phenoxy) is 2. The van der Waals surface area contributed by atoms with Crippen LogP contribution < -0.4 is 9.04 Å². The van der Waals surface area contributed by atoms with Crippen molar-refractivity contribution < 1.29 is 27.5 Å². The Morgan fingerprint density at radius 2 is 1.76 bits per heavy atom. The maximum Gasteiger partial charge on any atom is 0.338 e. The predicted octanol–water partition coefficient (Wildman–Crippen LogP) is 4.01. The molecule has 0 radical (unpaired) electrons. The number of rotatable bonds is 7. The summed E-state index contributed by atoms with van der Waals surface area (Å²) in [5.41, 5.74) is 2.75. The molecule has 8 heteroatoms. The maximum atomic E-state index is 13.3. The molecular formula is C25H23NO6S. The zero-order valence-corrected chi connectivity index (χ0v) is 19.1. The molecule has 1 heterocycles. The molecule has 3 aromatic rings. The maximum absolute atomic E-state index is 13.3. The summed E-state index contributed by atoms with van der Waals surface area (Å²) in [6.45, 7) is 1.67. The van der Waals surface area contributed by atoms with E-state index in [9.17, 15) is 18.0 Å². The largest absolute Gasteiger partial charge is 0.496 e. The summed E-state index contributed by atoms with van der Waals surface area (Å²) in [5, 5.41) is 0. The lowest BCUT2D eigenvalue weighted by atomic mass is 10.1. The number of hydrogen-bond acceptors (Lipinski definition) is 6. The Hall–Kier alpha value is -3.65. The van der Waals surface area contributed by atoms with Gasteiger partial charge in [-0.25, -0.2) is 13.2 Å². The monoisotopic (exact) mass is 465 g/mol. The van der Waals surface area contributed by atoms with Crippen molar-refractivity contribution in [3.8, 4) is 5.75 Å². The molecule has 0 aliphatic carbocycles. The Morgan fingerprint density at radius 3 is 2.52 bits per heavy atom. The molecule has 170 valence electrons. The number of nitrogens with zero attached hydrogens (tertiary/aromatic N) is 1. The highest BCUT2D eigenvalue weighted by atomic mass is 32.2. The normalized spacial score (nSPS) is 12.8. The van der Waals surface area contributed by atoms with Gasteiger partial charge in [0.1, 0.15) is 12.4 Å². The first-order chi connectivity index (χ1) is 15.8. The van der Waals surface area contributed by atoms with Crippen LogP contribution in [0.5, 0.6) is 5.75 Å². The van der Waals surface area contributed by atoms with Crippen molar-refractivity contribution in [1.29, 1.82) is 0 Å².